The summed E-state index contributed by atoms with van der Waals surface area (Å²) in [6.45, 7) is 10.2. The van der Waals surface area contributed by atoms with Gasteiger partial charge >= 0.3 is 0 Å². The molecule has 1 saturated carbocycles. The summed E-state index contributed by atoms with van der Waals surface area (Å²) in [7, 11) is 1.78. The van der Waals surface area contributed by atoms with Gasteiger partial charge in [0.05, 0.1) is 7.11 Å². The largest absolute Gasteiger partial charge is 0.496 e. The van der Waals surface area contributed by atoms with Crippen molar-refractivity contribution in [3.63, 3.8) is 0 Å². The molecule has 2 heteroatoms. The Morgan fingerprint density at radius 1 is 1.29 bits per heavy atom. The number of nitrogens with one attached hydrogen (secondary N) is 1. The standard InChI is InChI=1S/C19H31NO/c1-6-20-18(15-9-11-19(3,4)12-10-15)16-13-14(2)7-8-17(16)21-5/h7-8,13,15,18,20H,6,9-12H2,1-5H3. The number of methoxy groups -OCH3 is 1. The quantitative estimate of drug-likeness (QED) is 0.835. The predicted molar refractivity (Wildman–Crippen MR) is 89.9 cm³/mol. The van der Waals surface area contributed by atoms with Crippen molar-refractivity contribution in [2.45, 2.75) is 59.4 Å². The van der Waals surface area contributed by atoms with Gasteiger partial charge in [-0.2, -0.15) is 0 Å². The smallest absolute Gasteiger partial charge is 0.123 e. The van der Waals surface area contributed by atoms with Gasteiger partial charge in [-0.1, -0.05) is 38.5 Å². The van der Waals surface area contributed by atoms with Crippen molar-refractivity contribution in [3.8, 4) is 5.75 Å². The molecule has 0 amide bonds. The fourth-order valence-electron chi connectivity index (χ4n) is 3.60. The zero-order chi connectivity index (χ0) is 15.5. The summed E-state index contributed by atoms with van der Waals surface area (Å²) < 4.78 is 5.62. The summed E-state index contributed by atoms with van der Waals surface area (Å²) >= 11 is 0. The molecule has 0 spiro atoms. The van der Waals surface area contributed by atoms with E-state index >= 15 is 0 Å². The molecular formula is C19H31NO. The fraction of sp³-hybridized carbons (Fsp3) is 0.684. The van der Waals surface area contributed by atoms with E-state index in [1.807, 2.05) is 0 Å². The van der Waals surface area contributed by atoms with Crippen molar-refractivity contribution in [2.75, 3.05) is 13.7 Å². The molecule has 0 radical (unpaired) electrons. The van der Waals surface area contributed by atoms with Crippen molar-refractivity contribution in [1.29, 1.82) is 0 Å². The molecule has 1 fully saturated rings. The summed E-state index contributed by atoms with van der Waals surface area (Å²) in [5.74, 6) is 1.74. The van der Waals surface area contributed by atoms with Crippen LogP contribution in [0.5, 0.6) is 5.75 Å². The van der Waals surface area contributed by atoms with Gasteiger partial charge in [-0.05, 0) is 56.6 Å². The molecule has 1 aliphatic carbocycles. The van der Waals surface area contributed by atoms with Gasteiger partial charge in [0.1, 0.15) is 5.75 Å². The van der Waals surface area contributed by atoms with Crippen LogP contribution in [0.1, 0.15) is 63.6 Å². The maximum atomic E-state index is 5.62. The Balaban J connectivity index is 2.25. The van der Waals surface area contributed by atoms with E-state index in [1.54, 1.807) is 7.11 Å². The average Bonchev–Trinajstić information content (AvgIpc) is 2.45. The molecule has 1 aliphatic rings. The van der Waals surface area contributed by atoms with Crippen LogP contribution in [0.25, 0.3) is 0 Å². The molecule has 0 bridgehead atoms. The Hall–Kier alpha value is -1.02. The van der Waals surface area contributed by atoms with Crippen molar-refractivity contribution in [2.24, 2.45) is 11.3 Å². The second-order valence-electron chi connectivity index (χ2n) is 7.28. The van der Waals surface area contributed by atoms with Gasteiger partial charge in [0.25, 0.3) is 0 Å². The molecule has 0 aliphatic heterocycles. The van der Waals surface area contributed by atoms with E-state index in [2.05, 4.69) is 51.2 Å². The van der Waals surface area contributed by atoms with Crippen LogP contribution in [-0.4, -0.2) is 13.7 Å². The maximum absolute atomic E-state index is 5.62. The summed E-state index contributed by atoms with van der Waals surface area (Å²) in [6, 6.07) is 6.96. The zero-order valence-electron chi connectivity index (χ0n) is 14.3. The van der Waals surface area contributed by atoms with E-state index < -0.39 is 0 Å². The van der Waals surface area contributed by atoms with Gasteiger partial charge in [-0.15, -0.1) is 0 Å². The third-order valence-electron chi connectivity index (χ3n) is 5.00. The van der Waals surface area contributed by atoms with Crippen LogP contribution in [0.2, 0.25) is 0 Å². The first-order valence-corrected chi connectivity index (χ1v) is 8.35. The van der Waals surface area contributed by atoms with Crippen molar-refractivity contribution >= 4 is 0 Å². The van der Waals surface area contributed by atoms with E-state index in [-0.39, 0.29) is 0 Å². The van der Waals surface area contributed by atoms with Crippen molar-refractivity contribution in [3.05, 3.63) is 29.3 Å². The molecule has 1 aromatic rings. The Labute approximate surface area is 130 Å². The summed E-state index contributed by atoms with van der Waals surface area (Å²) in [6.07, 6.45) is 5.27. The van der Waals surface area contributed by atoms with Crippen LogP contribution in [-0.2, 0) is 0 Å². The van der Waals surface area contributed by atoms with E-state index in [0.29, 0.717) is 17.4 Å². The van der Waals surface area contributed by atoms with Crippen LogP contribution in [0.4, 0.5) is 0 Å². The first kappa shape index (κ1) is 16.4. The van der Waals surface area contributed by atoms with Crippen LogP contribution in [0, 0.1) is 18.3 Å². The van der Waals surface area contributed by atoms with E-state index in [9.17, 15) is 0 Å². The molecule has 0 saturated heterocycles. The third kappa shape index (κ3) is 4.00. The molecule has 0 aromatic heterocycles. The zero-order valence-corrected chi connectivity index (χ0v) is 14.3. The lowest BCUT2D eigenvalue weighted by Crippen LogP contribution is -2.33. The number of hydrogen-bond acceptors (Lipinski definition) is 2. The maximum Gasteiger partial charge on any atom is 0.123 e. The Kier molecular flexibility index (Phi) is 5.32. The topological polar surface area (TPSA) is 21.3 Å². The third-order valence-corrected chi connectivity index (χ3v) is 5.00. The van der Waals surface area contributed by atoms with E-state index in [4.69, 9.17) is 4.74 Å². The second-order valence-corrected chi connectivity index (χ2v) is 7.28. The van der Waals surface area contributed by atoms with Crippen LogP contribution >= 0.6 is 0 Å². The lowest BCUT2D eigenvalue weighted by Gasteiger charge is -2.38. The van der Waals surface area contributed by atoms with Gasteiger partial charge in [-0.3, -0.25) is 0 Å². The highest BCUT2D eigenvalue weighted by atomic mass is 16.5. The van der Waals surface area contributed by atoms with E-state index in [0.717, 1.165) is 12.3 Å². The van der Waals surface area contributed by atoms with E-state index in [1.165, 1.54) is 36.8 Å². The Bertz CT molecular complexity index is 457. The molecule has 2 nitrogen and oxygen atoms in total. The average molecular weight is 289 g/mol. The number of hydrogen-bond donors (Lipinski definition) is 1. The number of ether oxygens (including phenoxy) is 1. The number of benzene rings is 1. The molecule has 1 atom stereocenters. The van der Waals surface area contributed by atoms with Gasteiger partial charge in [0.2, 0.25) is 0 Å². The van der Waals surface area contributed by atoms with Crippen molar-refractivity contribution in [1.82, 2.24) is 5.32 Å². The highest BCUT2D eigenvalue weighted by Gasteiger charge is 2.32. The second kappa shape index (κ2) is 6.83. The molecule has 21 heavy (non-hydrogen) atoms. The molecule has 0 heterocycles. The van der Waals surface area contributed by atoms with Gasteiger partial charge < -0.3 is 10.1 Å². The minimum Gasteiger partial charge on any atom is -0.496 e. The van der Waals surface area contributed by atoms with Crippen molar-refractivity contribution < 1.29 is 4.74 Å². The number of rotatable bonds is 5. The molecular weight excluding hydrogens is 258 g/mol. The van der Waals surface area contributed by atoms with Crippen LogP contribution in [0.3, 0.4) is 0 Å². The predicted octanol–water partition coefficient (Wildman–Crippen LogP) is 4.87. The fourth-order valence-corrected chi connectivity index (χ4v) is 3.60. The first-order chi connectivity index (χ1) is 9.96. The monoisotopic (exact) mass is 289 g/mol. The van der Waals surface area contributed by atoms with Crippen LogP contribution < -0.4 is 10.1 Å². The summed E-state index contributed by atoms with van der Waals surface area (Å²) in [4.78, 5) is 0. The molecule has 1 N–H and O–H groups in total. The minimum absolute atomic E-state index is 0.418. The highest BCUT2D eigenvalue weighted by Crippen LogP contribution is 2.44. The van der Waals surface area contributed by atoms with Gasteiger partial charge in [-0.25, -0.2) is 0 Å². The summed E-state index contributed by atoms with van der Waals surface area (Å²) in [5, 5.41) is 3.72. The molecule has 118 valence electrons. The van der Waals surface area contributed by atoms with Gasteiger partial charge in [0.15, 0.2) is 0 Å². The highest BCUT2D eigenvalue weighted by molar-refractivity contribution is 5.39. The SMILES string of the molecule is CCNC(c1cc(C)ccc1OC)C1CCC(C)(C)CC1. The normalized spacial score (nSPS) is 20.2. The Morgan fingerprint density at radius 2 is 1.95 bits per heavy atom. The molecule has 1 aromatic carbocycles. The lowest BCUT2D eigenvalue weighted by atomic mass is 9.70. The minimum atomic E-state index is 0.418. The van der Waals surface area contributed by atoms with Gasteiger partial charge in [0, 0.05) is 11.6 Å². The Morgan fingerprint density at radius 3 is 2.52 bits per heavy atom. The first-order valence-electron chi connectivity index (χ1n) is 8.35. The summed E-state index contributed by atoms with van der Waals surface area (Å²) in [5.41, 5.74) is 3.16. The lowest BCUT2D eigenvalue weighted by molar-refractivity contribution is 0.161. The molecule has 1 unspecified atom stereocenters. The molecule has 2 rings (SSSR count). The van der Waals surface area contributed by atoms with Crippen LogP contribution in [0.15, 0.2) is 18.2 Å². The number of aryl methyl sites for hydroxylation is 1.